The molecule has 2 amide bonds. The third-order valence-electron chi connectivity index (χ3n) is 4.27. The monoisotopic (exact) mass is 463 g/mol. The van der Waals surface area contributed by atoms with Crippen molar-refractivity contribution in [3.05, 3.63) is 68.9 Å². The highest BCUT2D eigenvalue weighted by molar-refractivity contribution is 7.15. The van der Waals surface area contributed by atoms with E-state index in [0.717, 1.165) is 4.88 Å². The zero-order valence-corrected chi connectivity index (χ0v) is 18.3. The van der Waals surface area contributed by atoms with E-state index in [2.05, 4.69) is 10.3 Å². The van der Waals surface area contributed by atoms with Crippen molar-refractivity contribution in [2.24, 2.45) is 5.73 Å². The first-order chi connectivity index (χ1) is 14.8. The van der Waals surface area contributed by atoms with E-state index in [1.165, 1.54) is 36.6 Å². The number of thiazole rings is 1. The lowest BCUT2D eigenvalue weighted by Crippen LogP contribution is -2.20. The lowest BCUT2D eigenvalue weighted by molar-refractivity contribution is -0.119. The molecule has 0 aliphatic carbocycles. The van der Waals surface area contributed by atoms with Crippen LogP contribution in [0.5, 0.6) is 11.5 Å². The molecule has 2 aromatic carbocycles. The molecule has 0 spiro atoms. The zero-order valence-electron chi connectivity index (χ0n) is 16.7. The van der Waals surface area contributed by atoms with E-state index >= 15 is 0 Å². The minimum atomic E-state index is -0.676. The molecule has 0 radical (unpaired) electrons. The largest absolute Gasteiger partial charge is 0.493 e. The van der Waals surface area contributed by atoms with E-state index in [1.807, 2.05) is 0 Å². The summed E-state index contributed by atoms with van der Waals surface area (Å²) in [5, 5.41) is 3.17. The summed E-state index contributed by atoms with van der Waals surface area (Å²) >= 11 is 7.46. The van der Waals surface area contributed by atoms with E-state index < -0.39 is 11.8 Å². The number of nitrogens with one attached hydrogen (secondary N) is 1. The Morgan fingerprint density at radius 2 is 2.03 bits per heavy atom. The van der Waals surface area contributed by atoms with Crippen molar-refractivity contribution in [2.75, 3.05) is 19.0 Å². The number of carbonyl (C=O) groups excluding carboxylic acids is 2. The summed E-state index contributed by atoms with van der Waals surface area (Å²) in [5.74, 6) is -1.15. The van der Waals surface area contributed by atoms with Crippen LogP contribution in [0.25, 0.3) is 0 Å². The first-order valence-electron chi connectivity index (χ1n) is 9.08. The summed E-state index contributed by atoms with van der Waals surface area (Å²) in [5.41, 5.74) is 6.54. The summed E-state index contributed by atoms with van der Waals surface area (Å²) in [4.78, 5) is 28.9. The van der Waals surface area contributed by atoms with Gasteiger partial charge in [0, 0.05) is 16.9 Å². The van der Waals surface area contributed by atoms with Gasteiger partial charge in [0.1, 0.15) is 5.82 Å². The smallest absolute Gasteiger partial charge is 0.257 e. The number of halogens is 2. The molecule has 0 unspecified atom stereocenters. The van der Waals surface area contributed by atoms with E-state index in [1.54, 1.807) is 25.1 Å². The highest BCUT2D eigenvalue weighted by atomic mass is 35.5. The highest BCUT2D eigenvalue weighted by Crippen LogP contribution is 2.37. The van der Waals surface area contributed by atoms with Crippen molar-refractivity contribution in [3.8, 4) is 11.5 Å². The molecular formula is C21H19ClFN3O4S. The predicted molar refractivity (Wildman–Crippen MR) is 117 cm³/mol. The number of nitrogens with zero attached hydrogens (tertiary/aromatic N) is 1. The number of hydrogen-bond donors (Lipinski definition) is 2. The van der Waals surface area contributed by atoms with Crippen molar-refractivity contribution in [1.29, 1.82) is 0 Å². The summed E-state index contributed by atoms with van der Waals surface area (Å²) in [6.45, 7) is 1.41. The van der Waals surface area contributed by atoms with Gasteiger partial charge in [0.05, 0.1) is 17.8 Å². The fraction of sp³-hybridized carbons (Fsp3) is 0.190. The van der Waals surface area contributed by atoms with E-state index in [-0.39, 0.29) is 34.5 Å². The topological polar surface area (TPSA) is 104 Å². The Kier molecular flexibility index (Phi) is 7.09. The molecule has 1 aromatic heterocycles. The number of primary amides is 1. The summed E-state index contributed by atoms with van der Waals surface area (Å²) in [7, 11) is 1.38. The summed E-state index contributed by atoms with van der Waals surface area (Å²) in [6.07, 6.45) is 0.373. The molecule has 3 rings (SSSR count). The van der Waals surface area contributed by atoms with Crippen LogP contribution in [-0.4, -0.2) is 30.5 Å². The van der Waals surface area contributed by atoms with Crippen LogP contribution in [0.15, 0.2) is 36.4 Å². The minimum absolute atomic E-state index is 0.0845. The number of amides is 2. The molecule has 10 heteroatoms. The van der Waals surface area contributed by atoms with E-state index in [9.17, 15) is 14.0 Å². The number of aromatic nitrogens is 1. The van der Waals surface area contributed by atoms with Crippen LogP contribution in [0.3, 0.4) is 0 Å². The van der Waals surface area contributed by atoms with Gasteiger partial charge in [0.2, 0.25) is 0 Å². The van der Waals surface area contributed by atoms with E-state index in [4.69, 9.17) is 26.8 Å². The molecular weight excluding hydrogens is 445 g/mol. The molecule has 7 nitrogen and oxygen atoms in total. The maximum atomic E-state index is 13.9. The highest BCUT2D eigenvalue weighted by Gasteiger charge is 2.18. The number of nitrogens with two attached hydrogens (primary N) is 1. The van der Waals surface area contributed by atoms with Crippen LogP contribution in [0.2, 0.25) is 5.02 Å². The van der Waals surface area contributed by atoms with E-state index in [0.29, 0.717) is 22.8 Å². The molecule has 3 N–H and O–H groups in total. The standard InChI is InChI=1S/C21H19ClFN3O4S/c1-11-17(9-12-5-3-4-6-15(12)23)31-21(25-11)26-20(28)13-7-14(22)19(16(8-13)29-2)30-10-18(24)27/h3-8H,9-10H2,1-2H3,(H2,24,27)(H,25,26,28). The van der Waals surface area contributed by atoms with Crippen LogP contribution in [0, 0.1) is 12.7 Å². The van der Waals surface area contributed by atoms with Gasteiger partial charge in [-0.15, -0.1) is 11.3 Å². The van der Waals surface area contributed by atoms with Gasteiger partial charge in [0.25, 0.3) is 11.8 Å². The normalized spacial score (nSPS) is 10.6. The molecule has 0 bridgehead atoms. The third kappa shape index (κ3) is 5.50. The molecule has 31 heavy (non-hydrogen) atoms. The molecule has 0 saturated carbocycles. The molecule has 1 heterocycles. The molecule has 0 atom stereocenters. The Hall–Kier alpha value is -3.17. The van der Waals surface area contributed by atoms with Gasteiger partial charge >= 0.3 is 0 Å². The fourth-order valence-electron chi connectivity index (χ4n) is 2.76. The van der Waals surface area contributed by atoms with Crippen molar-refractivity contribution < 1.29 is 23.5 Å². The average molecular weight is 464 g/mol. The van der Waals surface area contributed by atoms with Gasteiger partial charge in [0.15, 0.2) is 23.2 Å². The first-order valence-corrected chi connectivity index (χ1v) is 10.3. The Labute approximate surface area is 187 Å². The van der Waals surface area contributed by atoms with Gasteiger partial charge in [-0.1, -0.05) is 29.8 Å². The van der Waals surface area contributed by atoms with Crippen LogP contribution in [-0.2, 0) is 11.2 Å². The number of hydrogen-bond acceptors (Lipinski definition) is 6. The molecule has 162 valence electrons. The maximum Gasteiger partial charge on any atom is 0.257 e. The molecule has 0 fully saturated rings. The maximum absolute atomic E-state index is 13.9. The van der Waals surface area contributed by atoms with Crippen molar-refractivity contribution >= 4 is 39.9 Å². The zero-order chi connectivity index (χ0) is 22.5. The second kappa shape index (κ2) is 9.76. The first kappa shape index (κ1) is 22.5. The van der Waals surface area contributed by atoms with Crippen LogP contribution >= 0.6 is 22.9 Å². The Bertz CT molecular complexity index is 1140. The van der Waals surface area contributed by atoms with Crippen molar-refractivity contribution in [3.63, 3.8) is 0 Å². The summed E-state index contributed by atoms with van der Waals surface area (Å²) < 4.78 is 24.4. The molecule has 0 aliphatic rings. The quantitative estimate of drug-likeness (QED) is 0.526. The number of anilines is 1. The Balaban J connectivity index is 1.78. The average Bonchev–Trinajstić information content (AvgIpc) is 3.06. The molecule has 0 saturated heterocycles. The SMILES string of the molecule is COc1cc(C(=O)Nc2nc(C)c(Cc3ccccc3F)s2)cc(Cl)c1OCC(N)=O. The van der Waals surface area contributed by atoms with Gasteiger partial charge in [-0.05, 0) is 30.7 Å². The van der Waals surface area contributed by atoms with Gasteiger partial charge in [-0.3, -0.25) is 14.9 Å². The van der Waals surface area contributed by atoms with Gasteiger partial charge in [-0.25, -0.2) is 9.37 Å². The third-order valence-corrected chi connectivity index (χ3v) is 5.63. The number of ether oxygens (including phenoxy) is 2. The number of carbonyl (C=O) groups is 2. The lowest BCUT2D eigenvalue weighted by Gasteiger charge is -2.13. The van der Waals surface area contributed by atoms with Crippen LogP contribution in [0.4, 0.5) is 9.52 Å². The number of benzene rings is 2. The van der Waals surface area contributed by atoms with Crippen molar-refractivity contribution in [2.45, 2.75) is 13.3 Å². The number of rotatable bonds is 8. The van der Waals surface area contributed by atoms with Crippen LogP contribution < -0.4 is 20.5 Å². The molecule has 0 aliphatic heterocycles. The Morgan fingerprint density at radius 3 is 2.71 bits per heavy atom. The lowest BCUT2D eigenvalue weighted by atomic mass is 10.1. The van der Waals surface area contributed by atoms with Gasteiger partial charge in [-0.2, -0.15) is 0 Å². The second-order valence-electron chi connectivity index (χ2n) is 6.49. The van der Waals surface area contributed by atoms with Crippen molar-refractivity contribution in [1.82, 2.24) is 4.98 Å². The second-order valence-corrected chi connectivity index (χ2v) is 7.99. The minimum Gasteiger partial charge on any atom is -0.493 e. The van der Waals surface area contributed by atoms with Crippen LogP contribution in [0.1, 0.15) is 26.5 Å². The fourth-order valence-corrected chi connectivity index (χ4v) is 4.01. The number of methoxy groups -OCH3 is 1. The molecule has 3 aromatic rings. The summed E-state index contributed by atoms with van der Waals surface area (Å²) in [6, 6.07) is 9.33. The van der Waals surface area contributed by atoms with Gasteiger partial charge < -0.3 is 15.2 Å². The number of aryl methyl sites for hydroxylation is 1. The predicted octanol–water partition coefficient (Wildman–Crippen LogP) is 3.96. The Morgan fingerprint density at radius 1 is 1.29 bits per heavy atom.